The molecule has 3 heteroatoms. The minimum Gasteiger partial charge on any atom is -0.356 e. The van der Waals surface area contributed by atoms with Gasteiger partial charge in [-0.05, 0) is 41.9 Å². The van der Waals surface area contributed by atoms with Crippen LogP contribution in [0.2, 0.25) is 0 Å². The van der Waals surface area contributed by atoms with E-state index in [4.69, 9.17) is 0 Å². The molecule has 0 amide bonds. The molecule has 0 bridgehead atoms. The van der Waals surface area contributed by atoms with Crippen molar-refractivity contribution in [1.82, 2.24) is 4.98 Å². The zero-order valence-corrected chi connectivity index (χ0v) is 21.5. The van der Waals surface area contributed by atoms with Gasteiger partial charge in [-0.25, -0.2) is 0 Å². The number of hydrogen-bond donors (Lipinski definition) is 1. The van der Waals surface area contributed by atoms with Crippen molar-refractivity contribution in [2.24, 2.45) is 22.2 Å². The molecule has 1 heterocycles. The van der Waals surface area contributed by atoms with Gasteiger partial charge in [-0.3, -0.25) is 9.59 Å². The monoisotopic (exact) mass is 415 g/mol. The number of carbonyl (C=O) groups is 2. The van der Waals surface area contributed by atoms with Crippen LogP contribution in [0.1, 0.15) is 112 Å². The molecular formula is C27H45NO2. The van der Waals surface area contributed by atoms with Crippen LogP contribution in [0.15, 0.2) is 23.8 Å². The second-order valence-electron chi connectivity index (χ2n) is 12.9. The Morgan fingerprint density at radius 1 is 0.800 bits per heavy atom. The Bertz CT molecular complexity index is 781. The largest absolute Gasteiger partial charge is 0.356 e. The van der Waals surface area contributed by atoms with Crippen molar-refractivity contribution in [3.8, 4) is 0 Å². The van der Waals surface area contributed by atoms with Gasteiger partial charge in [0.2, 0.25) is 0 Å². The predicted octanol–water partition coefficient (Wildman–Crippen LogP) is 7.53. The Morgan fingerprint density at radius 3 is 1.63 bits per heavy atom. The van der Waals surface area contributed by atoms with E-state index in [9.17, 15) is 9.59 Å². The molecule has 30 heavy (non-hydrogen) atoms. The molecule has 0 saturated heterocycles. The Balaban J connectivity index is 0.000000300. The molecule has 0 radical (unpaired) electrons. The Hall–Kier alpha value is -1.64. The normalized spacial score (nSPS) is 17.9. The summed E-state index contributed by atoms with van der Waals surface area (Å²) in [6, 6.07) is 3.88. The van der Waals surface area contributed by atoms with E-state index in [1.807, 2.05) is 53.7 Å². The van der Waals surface area contributed by atoms with E-state index in [1.165, 1.54) is 0 Å². The molecule has 1 aromatic rings. The van der Waals surface area contributed by atoms with Crippen molar-refractivity contribution in [2.45, 2.75) is 101 Å². The van der Waals surface area contributed by atoms with Crippen LogP contribution in [0.3, 0.4) is 0 Å². The molecule has 0 fully saturated rings. The third-order valence-corrected chi connectivity index (χ3v) is 5.63. The third kappa shape index (κ3) is 7.25. The number of H-pyrrole nitrogens is 1. The minimum atomic E-state index is -0.319. The molecule has 0 saturated carbocycles. The maximum atomic E-state index is 12.1. The lowest BCUT2D eigenvalue weighted by atomic mass is 9.80. The van der Waals surface area contributed by atoms with Gasteiger partial charge in [0.1, 0.15) is 0 Å². The van der Waals surface area contributed by atoms with Gasteiger partial charge >= 0.3 is 0 Å². The first kappa shape index (κ1) is 26.4. The lowest BCUT2D eigenvalue weighted by Gasteiger charge is -2.24. The van der Waals surface area contributed by atoms with Gasteiger partial charge in [0.25, 0.3) is 0 Å². The highest BCUT2D eigenvalue weighted by atomic mass is 16.1. The number of hydrogen-bond acceptors (Lipinski definition) is 2. The van der Waals surface area contributed by atoms with Crippen LogP contribution < -0.4 is 0 Å². The standard InChI is InChI=1S/C14H24O.C13H21NO/c1-13(2,3)11-8-7-10(9-11)12(15)14(4,5)6;1-12(2,3)10-8-7-9(14-10)11(15)13(4,5)6/h9,11H,7-8H2,1-6H3;7-8,14H,1-6H3. The number of aromatic nitrogens is 1. The quantitative estimate of drug-likeness (QED) is 0.508. The molecule has 0 spiro atoms. The molecule has 1 unspecified atom stereocenters. The topological polar surface area (TPSA) is 49.9 Å². The predicted molar refractivity (Wildman–Crippen MR) is 128 cm³/mol. The molecule has 0 aromatic carbocycles. The average molecular weight is 416 g/mol. The Kier molecular flexibility index (Phi) is 7.78. The number of aromatic amines is 1. The van der Waals surface area contributed by atoms with Crippen LogP contribution in [0.25, 0.3) is 0 Å². The summed E-state index contributed by atoms with van der Waals surface area (Å²) in [6.45, 7) is 24.9. The molecule has 170 valence electrons. The van der Waals surface area contributed by atoms with Crippen molar-refractivity contribution in [2.75, 3.05) is 0 Å². The fourth-order valence-electron chi connectivity index (χ4n) is 3.44. The molecule has 1 N–H and O–H groups in total. The van der Waals surface area contributed by atoms with Gasteiger partial charge in [0.05, 0.1) is 5.69 Å². The second kappa shape index (κ2) is 8.85. The molecule has 3 nitrogen and oxygen atoms in total. The molecule has 1 aromatic heterocycles. The summed E-state index contributed by atoms with van der Waals surface area (Å²) < 4.78 is 0. The van der Waals surface area contributed by atoms with Crippen molar-refractivity contribution in [1.29, 1.82) is 0 Å². The average Bonchev–Trinajstić information content (AvgIpc) is 3.20. The van der Waals surface area contributed by atoms with Gasteiger partial charge in [-0.2, -0.15) is 0 Å². The Labute approximate surface area is 185 Å². The SMILES string of the molecule is CC(C)(C)C(=O)C1=CC(C(C)(C)C)CC1.CC(C)(C)C(=O)c1ccc(C(C)(C)C)[nH]1. The molecule has 2 rings (SSSR count). The van der Waals surface area contributed by atoms with Crippen molar-refractivity contribution in [3.63, 3.8) is 0 Å². The Morgan fingerprint density at radius 2 is 1.30 bits per heavy atom. The zero-order chi connectivity index (χ0) is 23.7. The zero-order valence-electron chi connectivity index (χ0n) is 21.5. The lowest BCUT2D eigenvalue weighted by molar-refractivity contribution is -0.122. The summed E-state index contributed by atoms with van der Waals surface area (Å²) >= 11 is 0. The van der Waals surface area contributed by atoms with E-state index in [-0.39, 0.29) is 22.0 Å². The molecule has 1 aliphatic rings. The van der Waals surface area contributed by atoms with Crippen LogP contribution in [0, 0.1) is 22.2 Å². The van der Waals surface area contributed by atoms with Gasteiger partial charge in [-0.15, -0.1) is 0 Å². The van der Waals surface area contributed by atoms with Crippen molar-refractivity contribution in [3.05, 3.63) is 35.2 Å². The van der Waals surface area contributed by atoms with Crippen LogP contribution in [0.4, 0.5) is 0 Å². The van der Waals surface area contributed by atoms with E-state index < -0.39 is 0 Å². The van der Waals surface area contributed by atoms with Gasteiger partial charge < -0.3 is 4.98 Å². The third-order valence-electron chi connectivity index (χ3n) is 5.63. The van der Waals surface area contributed by atoms with Gasteiger partial charge in [0.15, 0.2) is 11.6 Å². The van der Waals surface area contributed by atoms with E-state index in [0.717, 1.165) is 24.1 Å². The molecule has 1 atom stereocenters. The number of Topliss-reactive ketones (excluding diaryl/α,β-unsaturated/α-hetero) is 2. The smallest absolute Gasteiger partial charge is 0.184 e. The second-order valence-corrected chi connectivity index (χ2v) is 12.9. The number of allylic oxidation sites excluding steroid dienone is 2. The molecular weight excluding hydrogens is 370 g/mol. The maximum absolute atomic E-state index is 12.1. The van der Waals surface area contributed by atoms with Crippen molar-refractivity contribution < 1.29 is 9.59 Å². The van der Waals surface area contributed by atoms with Crippen LogP contribution in [-0.4, -0.2) is 16.6 Å². The minimum absolute atomic E-state index is 0.0659. The van der Waals surface area contributed by atoms with Crippen LogP contribution in [-0.2, 0) is 10.2 Å². The number of ketones is 2. The van der Waals surface area contributed by atoms with Crippen LogP contribution >= 0.6 is 0 Å². The highest BCUT2D eigenvalue weighted by Gasteiger charge is 2.33. The number of carbonyl (C=O) groups excluding carboxylic acids is 2. The number of nitrogens with one attached hydrogen (secondary N) is 1. The highest BCUT2D eigenvalue weighted by molar-refractivity contribution is 5.99. The first-order valence-corrected chi connectivity index (χ1v) is 11.2. The lowest BCUT2D eigenvalue weighted by Crippen LogP contribution is -2.21. The van der Waals surface area contributed by atoms with E-state index in [2.05, 4.69) is 52.6 Å². The summed E-state index contributed by atoms with van der Waals surface area (Å²) in [7, 11) is 0. The number of rotatable bonds is 2. The summed E-state index contributed by atoms with van der Waals surface area (Å²) in [4.78, 5) is 27.3. The van der Waals surface area contributed by atoms with E-state index >= 15 is 0 Å². The first-order chi connectivity index (χ1) is 13.2. The highest BCUT2D eigenvalue weighted by Crippen LogP contribution is 2.39. The summed E-state index contributed by atoms with van der Waals surface area (Å²) in [5.41, 5.74) is 2.69. The molecule has 1 aliphatic carbocycles. The first-order valence-electron chi connectivity index (χ1n) is 11.2. The van der Waals surface area contributed by atoms with E-state index in [0.29, 0.717) is 22.8 Å². The van der Waals surface area contributed by atoms with E-state index in [1.54, 1.807) is 0 Å². The van der Waals surface area contributed by atoms with Gasteiger partial charge in [-0.1, -0.05) is 89.2 Å². The van der Waals surface area contributed by atoms with Crippen LogP contribution in [0.5, 0.6) is 0 Å². The summed E-state index contributed by atoms with van der Waals surface area (Å²) in [6.07, 6.45) is 4.33. The van der Waals surface area contributed by atoms with Crippen molar-refractivity contribution >= 4 is 11.6 Å². The maximum Gasteiger partial charge on any atom is 0.184 e. The summed E-state index contributed by atoms with van der Waals surface area (Å²) in [5, 5.41) is 0. The fourth-order valence-corrected chi connectivity index (χ4v) is 3.44. The fraction of sp³-hybridized carbons (Fsp3) is 0.704. The summed E-state index contributed by atoms with van der Waals surface area (Å²) in [5.74, 6) is 1.06. The molecule has 0 aliphatic heterocycles. The van der Waals surface area contributed by atoms with Gasteiger partial charge in [0, 0.05) is 21.9 Å².